The molecule has 7 heteroatoms. The lowest BCUT2D eigenvalue weighted by molar-refractivity contribution is -0.384. The molecular formula is C14H17N3O4. The highest BCUT2D eigenvalue weighted by Gasteiger charge is 2.31. The van der Waals surface area contributed by atoms with Gasteiger partial charge in [-0.25, -0.2) is 0 Å². The van der Waals surface area contributed by atoms with E-state index in [1.165, 1.54) is 6.07 Å². The van der Waals surface area contributed by atoms with Gasteiger partial charge in [-0.3, -0.25) is 14.9 Å². The van der Waals surface area contributed by atoms with Gasteiger partial charge in [0.25, 0.3) is 5.69 Å². The molecular weight excluding hydrogens is 274 g/mol. The molecule has 2 unspecified atom stereocenters. The van der Waals surface area contributed by atoms with Crippen molar-refractivity contribution < 1.29 is 14.8 Å². The number of piperidine rings is 1. The fourth-order valence-corrected chi connectivity index (χ4v) is 3.00. The highest BCUT2D eigenvalue weighted by Crippen LogP contribution is 2.38. The maximum atomic E-state index is 11.4. The Balaban J connectivity index is 1.99. The smallest absolute Gasteiger partial charge is 0.292 e. The molecule has 0 saturated carbocycles. The van der Waals surface area contributed by atoms with Crippen molar-refractivity contribution in [3.05, 3.63) is 27.8 Å². The molecule has 1 aromatic carbocycles. The van der Waals surface area contributed by atoms with Gasteiger partial charge >= 0.3 is 0 Å². The summed E-state index contributed by atoms with van der Waals surface area (Å²) in [6.45, 7) is 3.06. The Hall–Kier alpha value is -2.15. The van der Waals surface area contributed by atoms with Crippen molar-refractivity contribution in [2.75, 3.05) is 23.3 Å². The Labute approximate surface area is 121 Å². The number of fused-ring (bicyclic) bond motifs is 1. The van der Waals surface area contributed by atoms with Gasteiger partial charge in [-0.05, 0) is 24.0 Å². The number of hydrogen-bond donors (Lipinski definition) is 2. The average molecular weight is 291 g/mol. The van der Waals surface area contributed by atoms with Crippen LogP contribution in [0.4, 0.5) is 17.1 Å². The number of rotatable bonds is 2. The number of carbonyl (C=O) groups excluding carboxylic acids is 1. The number of aliphatic hydroxyl groups excluding tert-OH is 1. The number of hydrogen-bond acceptors (Lipinski definition) is 5. The summed E-state index contributed by atoms with van der Waals surface area (Å²) in [7, 11) is 0. The van der Waals surface area contributed by atoms with Crippen molar-refractivity contribution in [2.24, 2.45) is 5.92 Å². The van der Waals surface area contributed by atoms with E-state index < -0.39 is 4.92 Å². The van der Waals surface area contributed by atoms with E-state index in [-0.39, 0.29) is 30.0 Å². The Morgan fingerprint density at radius 1 is 1.48 bits per heavy atom. The molecule has 0 aromatic heterocycles. The number of nitrogens with zero attached hydrogens (tertiary/aromatic N) is 2. The predicted octanol–water partition coefficient (Wildman–Crippen LogP) is 1.30. The van der Waals surface area contributed by atoms with E-state index in [0.29, 0.717) is 36.4 Å². The van der Waals surface area contributed by atoms with Crippen molar-refractivity contribution in [2.45, 2.75) is 25.9 Å². The van der Waals surface area contributed by atoms with Gasteiger partial charge in [0.15, 0.2) is 0 Å². The van der Waals surface area contributed by atoms with Gasteiger partial charge in [0.05, 0.1) is 17.4 Å². The summed E-state index contributed by atoms with van der Waals surface area (Å²) in [6, 6.07) is 3.17. The molecule has 3 rings (SSSR count). The quantitative estimate of drug-likeness (QED) is 0.632. The fourth-order valence-electron chi connectivity index (χ4n) is 3.00. The van der Waals surface area contributed by atoms with Crippen molar-refractivity contribution in [1.29, 1.82) is 0 Å². The van der Waals surface area contributed by atoms with Gasteiger partial charge in [0.1, 0.15) is 5.69 Å². The Morgan fingerprint density at radius 3 is 2.90 bits per heavy atom. The minimum Gasteiger partial charge on any atom is -0.393 e. The molecule has 2 heterocycles. The molecule has 0 aliphatic carbocycles. The zero-order valence-electron chi connectivity index (χ0n) is 11.7. The highest BCUT2D eigenvalue weighted by molar-refractivity contribution is 6.00. The summed E-state index contributed by atoms with van der Waals surface area (Å²) >= 11 is 0. The molecule has 2 aliphatic rings. The van der Waals surface area contributed by atoms with Crippen LogP contribution in [0.5, 0.6) is 0 Å². The van der Waals surface area contributed by atoms with Crippen molar-refractivity contribution in [3.8, 4) is 0 Å². The molecule has 1 fully saturated rings. The third-order valence-corrected chi connectivity index (χ3v) is 4.22. The van der Waals surface area contributed by atoms with E-state index in [1.54, 1.807) is 6.07 Å². The second-order valence-electron chi connectivity index (χ2n) is 5.76. The molecule has 2 aliphatic heterocycles. The lowest BCUT2D eigenvalue weighted by Gasteiger charge is -2.35. The van der Waals surface area contributed by atoms with Crippen LogP contribution in [-0.2, 0) is 11.2 Å². The van der Waals surface area contributed by atoms with Gasteiger partial charge in [-0.2, -0.15) is 0 Å². The maximum absolute atomic E-state index is 11.4. The minimum absolute atomic E-state index is 0.0221. The second kappa shape index (κ2) is 5.00. The summed E-state index contributed by atoms with van der Waals surface area (Å²) in [6.07, 6.45) is 0.405. The monoisotopic (exact) mass is 291 g/mol. The first-order valence-electron chi connectivity index (χ1n) is 7.00. The first-order valence-corrected chi connectivity index (χ1v) is 7.00. The van der Waals surface area contributed by atoms with Gasteiger partial charge < -0.3 is 15.3 Å². The Kier molecular flexibility index (Phi) is 3.29. The maximum Gasteiger partial charge on any atom is 0.292 e. The van der Waals surface area contributed by atoms with E-state index in [4.69, 9.17) is 0 Å². The second-order valence-corrected chi connectivity index (χ2v) is 5.76. The lowest BCUT2D eigenvalue weighted by Crippen LogP contribution is -2.42. The third-order valence-electron chi connectivity index (χ3n) is 4.22. The number of aliphatic hydroxyl groups is 1. The van der Waals surface area contributed by atoms with Gasteiger partial charge in [0, 0.05) is 24.8 Å². The highest BCUT2D eigenvalue weighted by atomic mass is 16.6. The van der Waals surface area contributed by atoms with Crippen LogP contribution in [0.3, 0.4) is 0 Å². The normalized spacial score (nSPS) is 24.7. The molecule has 2 atom stereocenters. The zero-order chi connectivity index (χ0) is 15.1. The molecule has 7 nitrogen and oxygen atoms in total. The lowest BCUT2D eigenvalue weighted by atomic mass is 9.96. The van der Waals surface area contributed by atoms with Crippen molar-refractivity contribution >= 4 is 23.0 Å². The average Bonchev–Trinajstić information content (AvgIpc) is 2.79. The van der Waals surface area contributed by atoms with Crippen LogP contribution in [-0.4, -0.2) is 35.1 Å². The van der Waals surface area contributed by atoms with E-state index >= 15 is 0 Å². The SMILES string of the molecule is CC1CN(c2cc3c(cc2[N+](=O)[O-])CC(=O)N3)CCC1O. The number of nitro groups is 1. The summed E-state index contributed by atoms with van der Waals surface area (Å²) in [5.41, 5.74) is 1.86. The third kappa shape index (κ3) is 2.44. The molecule has 0 spiro atoms. The summed E-state index contributed by atoms with van der Waals surface area (Å²) in [5, 5.41) is 23.8. The number of carbonyl (C=O) groups is 1. The van der Waals surface area contributed by atoms with Crippen molar-refractivity contribution in [3.63, 3.8) is 0 Å². The fraction of sp³-hybridized carbons (Fsp3) is 0.500. The van der Waals surface area contributed by atoms with Crippen molar-refractivity contribution in [1.82, 2.24) is 0 Å². The van der Waals surface area contributed by atoms with Crippen LogP contribution in [0.1, 0.15) is 18.9 Å². The standard InChI is InChI=1S/C14H17N3O4/c1-8-7-16(3-2-13(8)18)11-6-10-9(5-14(19)15-10)4-12(11)17(20)21/h4,6,8,13,18H,2-3,5,7H2,1H3,(H,15,19). The molecule has 2 N–H and O–H groups in total. The topological polar surface area (TPSA) is 95.7 Å². The van der Waals surface area contributed by atoms with Crippen LogP contribution in [0, 0.1) is 16.0 Å². The van der Waals surface area contributed by atoms with Crippen LogP contribution >= 0.6 is 0 Å². The zero-order valence-corrected chi connectivity index (χ0v) is 11.7. The minimum atomic E-state index is -0.409. The molecule has 0 bridgehead atoms. The first kappa shape index (κ1) is 13.8. The van der Waals surface area contributed by atoms with Crippen LogP contribution < -0.4 is 10.2 Å². The molecule has 1 amide bonds. The molecule has 0 radical (unpaired) electrons. The number of amides is 1. The van der Waals surface area contributed by atoms with Gasteiger partial charge in [-0.15, -0.1) is 0 Å². The number of anilines is 2. The summed E-state index contributed by atoms with van der Waals surface area (Å²) in [4.78, 5) is 24.3. The van der Waals surface area contributed by atoms with Crippen LogP contribution in [0.25, 0.3) is 0 Å². The Morgan fingerprint density at radius 2 is 2.24 bits per heavy atom. The van der Waals surface area contributed by atoms with Gasteiger partial charge in [-0.1, -0.05) is 6.92 Å². The number of benzene rings is 1. The first-order chi connectivity index (χ1) is 9.95. The predicted molar refractivity (Wildman–Crippen MR) is 77.4 cm³/mol. The van der Waals surface area contributed by atoms with E-state index in [1.807, 2.05) is 11.8 Å². The molecule has 112 valence electrons. The van der Waals surface area contributed by atoms with Gasteiger partial charge in [0.2, 0.25) is 5.91 Å². The number of nitro benzene ring substituents is 1. The number of nitrogens with one attached hydrogen (secondary N) is 1. The summed E-state index contributed by atoms with van der Waals surface area (Å²) in [5.74, 6) is -0.0833. The van der Waals surface area contributed by atoms with Crippen LogP contribution in [0.2, 0.25) is 0 Å². The molecule has 21 heavy (non-hydrogen) atoms. The molecule has 1 aromatic rings. The van der Waals surface area contributed by atoms with E-state index in [2.05, 4.69) is 5.32 Å². The van der Waals surface area contributed by atoms with Crippen LogP contribution in [0.15, 0.2) is 12.1 Å². The van der Waals surface area contributed by atoms with E-state index in [9.17, 15) is 20.0 Å². The summed E-state index contributed by atoms with van der Waals surface area (Å²) < 4.78 is 0. The molecule has 1 saturated heterocycles. The largest absolute Gasteiger partial charge is 0.393 e. The van der Waals surface area contributed by atoms with E-state index in [0.717, 1.165) is 0 Å². The Bertz CT molecular complexity index is 616.